The molecule has 5 heteroatoms. The Morgan fingerprint density at radius 3 is 2.80 bits per heavy atom. The quantitative estimate of drug-likeness (QED) is 0.756. The molecule has 1 aliphatic heterocycles. The first-order chi connectivity index (χ1) is 7.18. The molecule has 2 rings (SSSR count). The van der Waals surface area contributed by atoms with Crippen LogP contribution in [0.25, 0.3) is 0 Å². The van der Waals surface area contributed by atoms with Crippen LogP contribution >= 0.6 is 0 Å². The van der Waals surface area contributed by atoms with Crippen LogP contribution in [0.4, 0.5) is 0 Å². The van der Waals surface area contributed by atoms with Crippen molar-refractivity contribution in [2.45, 2.75) is 25.8 Å². The van der Waals surface area contributed by atoms with Crippen molar-refractivity contribution in [1.29, 1.82) is 0 Å². The highest BCUT2D eigenvalue weighted by molar-refractivity contribution is 5.85. The van der Waals surface area contributed by atoms with E-state index in [1.165, 1.54) is 0 Å². The molecule has 2 N–H and O–H groups in total. The lowest BCUT2D eigenvalue weighted by molar-refractivity contribution is 0.0689. The fourth-order valence-corrected chi connectivity index (χ4v) is 2.01. The second-order valence-corrected chi connectivity index (χ2v) is 3.90. The normalized spacial score (nSPS) is 17.9. The van der Waals surface area contributed by atoms with Gasteiger partial charge < -0.3 is 10.4 Å². The highest BCUT2D eigenvalue weighted by Crippen LogP contribution is 2.20. The van der Waals surface area contributed by atoms with Crippen LogP contribution in [0, 0.1) is 6.92 Å². The lowest BCUT2D eigenvalue weighted by atomic mass is 10.1. The Kier molecular flexibility index (Phi) is 2.73. The van der Waals surface area contributed by atoms with Crippen molar-refractivity contribution >= 4 is 5.97 Å². The van der Waals surface area contributed by atoms with Crippen LogP contribution in [0.5, 0.6) is 0 Å². The van der Waals surface area contributed by atoms with Crippen LogP contribution in [0.3, 0.4) is 0 Å². The van der Waals surface area contributed by atoms with E-state index in [-0.39, 0.29) is 5.69 Å². The number of rotatable bonds is 2. The summed E-state index contributed by atoms with van der Waals surface area (Å²) >= 11 is 0. The first-order valence-corrected chi connectivity index (χ1v) is 5.18. The van der Waals surface area contributed by atoms with Gasteiger partial charge in [0.1, 0.15) is 0 Å². The molecule has 0 unspecified atom stereocenters. The van der Waals surface area contributed by atoms with Gasteiger partial charge in [-0.05, 0) is 38.9 Å². The van der Waals surface area contributed by atoms with Crippen LogP contribution in [0.15, 0.2) is 6.07 Å². The molecule has 82 valence electrons. The molecule has 2 heterocycles. The molecule has 0 bridgehead atoms. The minimum Gasteiger partial charge on any atom is -0.476 e. The Bertz CT molecular complexity index is 367. The van der Waals surface area contributed by atoms with Crippen molar-refractivity contribution in [2.24, 2.45) is 0 Å². The van der Waals surface area contributed by atoms with E-state index < -0.39 is 5.97 Å². The minimum atomic E-state index is -0.953. The highest BCUT2D eigenvalue weighted by Gasteiger charge is 2.19. The molecular weight excluding hydrogens is 194 g/mol. The zero-order valence-electron chi connectivity index (χ0n) is 8.73. The molecule has 1 aliphatic rings. The summed E-state index contributed by atoms with van der Waals surface area (Å²) in [4.78, 5) is 10.8. The van der Waals surface area contributed by atoms with Crippen molar-refractivity contribution in [3.8, 4) is 0 Å². The number of aryl methyl sites for hydroxylation is 1. The third-order valence-corrected chi connectivity index (χ3v) is 2.80. The topological polar surface area (TPSA) is 67.1 Å². The van der Waals surface area contributed by atoms with Crippen molar-refractivity contribution in [2.75, 3.05) is 13.1 Å². The zero-order chi connectivity index (χ0) is 10.8. The van der Waals surface area contributed by atoms with Gasteiger partial charge in [-0.1, -0.05) is 0 Å². The number of nitrogens with zero attached hydrogens (tertiary/aromatic N) is 2. The summed E-state index contributed by atoms with van der Waals surface area (Å²) < 4.78 is 1.85. The van der Waals surface area contributed by atoms with Crippen LogP contribution < -0.4 is 5.32 Å². The molecule has 0 radical (unpaired) electrons. The molecule has 0 aromatic carbocycles. The molecule has 0 spiro atoms. The van der Waals surface area contributed by atoms with Gasteiger partial charge in [-0.2, -0.15) is 5.10 Å². The number of aromatic nitrogens is 2. The van der Waals surface area contributed by atoms with E-state index >= 15 is 0 Å². The van der Waals surface area contributed by atoms with Gasteiger partial charge in [0.25, 0.3) is 0 Å². The highest BCUT2D eigenvalue weighted by atomic mass is 16.4. The lowest BCUT2D eigenvalue weighted by Crippen LogP contribution is -2.30. The van der Waals surface area contributed by atoms with Gasteiger partial charge in [0.2, 0.25) is 0 Å². The van der Waals surface area contributed by atoms with E-state index in [1.807, 2.05) is 11.6 Å². The van der Waals surface area contributed by atoms with Crippen LogP contribution in [-0.2, 0) is 0 Å². The number of carboxylic acid groups (broad SMARTS) is 1. The predicted molar refractivity (Wildman–Crippen MR) is 55.1 cm³/mol. The van der Waals surface area contributed by atoms with E-state index in [0.717, 1.165) is 31.6 Å². The molecule has 1 aromatic rings. The Balaban J connectivity index is 2.22. The average molecular weight is 209 g/mol. The Morgan fingerprint density at radius 1 is 1.60 bits per heavy atom. The first kappa shape index (κ1) is 10.2. The maximum Gasteiger partial charge on any atom is 0.356 e. The summed E-state index contributed by atoms with van der Waals surface area (Å²) in [7, 11) is 0. The third kappa shape index (κ3) is 2.02. The number of nitrogens with one attached hydrogen (secondary N) is 1. The Hall–Kier alpha value is -1.36. The minimum absolute atomic E-state index is 0.144. The summed E-state index contributed by atoms with van der Waals surface area (Å²) in [5.74, 6) is -0.953. The second kappa shape index (κ2) is 4.02. The number of hydrogen-bond donors (Lipinski definition) is 2. The Morgan fingerprint density at radius 2 is 2.27 bits per heavy atom. The van der Waals surface area contributed by atoms with E-state index in [0.29, 0.717) is 6.04 Å². The van der Waals surface area contributed by atoms with Crippen molar-refractivity contribution in [1.82, 2.24) is 15.1 Å². The van der Waals surface area contributed by atoms with E-state index in [4.69, 9.17) is 5.11 Å². The van der Waals surface area contributed by atoms with Crippen LogP contribution in [-0.4, -0.2) is 33.9 Å². The fourth-order valence-electron chi connectivity index (χ4n) is 2.01. The van der Waals surface area contributed by atoms with E-state index in [9.17, 15) is 4.79 Å². The molecule has 15 heavy (non-hydrogen) atoms. The molecule has 0 amide bonds. The van der Waals surface area contributed by atoms with Crippen LogP contribution in [0.1, 0.15) is 35.1 Å². The summed E-state index contributed by atoms with van der Waals surface area (Å²) in [6, 6.07) is 1.98. The SMILES string of the molecule is Cc1cc(C(=O)O)nn1C1CCNCC1. The number of hydrogen-bond acceptors (Lipinski definition) is 3. The standard InChI is InChI=1S/C10H15N3O2/c1-7-6-9(10(14)15)12-13(7)8-2-4-11-5-3-8/h6,8,11H,2-5H2,1H3,(H,14,15). The predicted octanol–water partition coefficient (Wildman–Crippen LogP) is 0.814. The maximum absolute atomic E-state index is 10.8. The van der Waals surface area contributed by atoms with Gasteiger partial charge in [-0.15, -0.1) is 0 Å². The largest absolute Gasteiger partial charge is 0.476 e. The molecule has 0 atom stereocenters. The monoisotopic (exact) mass is 209 g/mol. The van der Waals surface area contributed by atoms with Crippen LogP contribution in [0.2, 0.25) is 0 Å². The van der Waals surface area contributed by atoms with Crippen molar-refractivity contribution in [3.05, 3.63) is 17.5 Å². The van der Waals surface area contributed by atoms with E-state index in [1.54, 1.807) is 6.07 Å². The number of aromatic carboxylic acids is 1. The lowest BCUT2D eigenvalue weighted by Gasteiger charge is -2.24. The Labute approximate surface area is 88.1 Å². The van der Waals surface area contributed by atoms with E-state index in [2.05, 4.69) is 10.4 Å². The van der Waals surface area contributed by atoms with Gasteiger partial charge in [0.15, 0.2) is 5.69 Å². The molecule has 1 fully saturated rings. The summed E-state index contributed by atoms with van der Waals surface area (Å²) in [6.45, 7) is 3.86. The molecule has 1 aromatic heterocycles. The molecule has 1 saturated heterocycles. The molecule has 0 aliphatic carbocycles. The van der Waals surface area contributed by atoms with Gasteiger partial charge in [0, 0.05) is 5.69 Å². The maximum atomic E-state index is 10.8. The van der Waals surface area contributed by atoms with Gasteiger partial charge in [0.05, 0.1) is 6.04 Å². The second-order valence-electron chi connectivity index (χ2n) is 3.90. The van der Waals surface area contributed by atoms with Crippen molar-refractivity contribution in [3.63, 3.8) is 0 Å². The smallest absolute Gasteiger partial charge is 0.356 e. The van der Waals surface area contributed by atoms with Crippen molar-refractivity contribution < 1.29 is 9.90 Å². The third-order valence-electron chi connectivity index (χ3n) is 2.80. The number of piperidine rings is 1. The fraction of sp³-hybridized carbons (Fsp3) is 0.600. The summed E-state index contributed by atoms with van der Waals surface area (Å²) in [5, 5.41) is 16.2. The molecule has 0 saturated carbocycles. The molecule has 5 nitrogen and oxygen atoms in total. The average Bonchev–Trinajstić information content (AvgIpc) is 2.62. The van der Waals surface area contributed by atoms with Gasteiger partial charge in [-0.3, -0.25) is 4.68 Å². The summed E-state index contributed by atoms with van der Waals surface area (Å²) in [5.41, 5.74) is 1.07. The van der Waals surface area contributed by atoms with Gasteiger partial charge in [-0.25, -0.2) is 4.79 Å². The zero-order valence-corrected chi connectivity index (χ0v) is 8.73. The van der Waals surface area contributed by atoms with Gasteiger partial charge >= 0.3 is 5.97 Å². The molecular formula is C10H15N3O2. The summed E-state index contributed by atoms with van der Waals surface area (Å²) in [6.07, 6.45) is 2.03. The first-order valence-electron chi connectivity index (χ1n) is 5.18. The number of carboxylic acids is 1. The number of carbonyl (C=O) groups is 1.